The van der Waals surface area contributed by atoms with Crippen LogP contribution in [-0.2, 0) is 9.53 Å². The number of aliphatic hydroxyl groups is 1. The van der Waals surface area contributed by atoms with Gasteiger partial charge in [-0.15, -0.1) is 0 Å². The second kappa shape index (κ2) is 6.33. The van der Waals surface area contributed by atoms with Gasteiger partial charge in [0, 0.05) is 13.7 Å². The van der Waals surface area contributed by atoms with E-state index in [1.807, 2.05) is 0 Å². The number of aliphatic hydroxyl groups excluding tert-OH is 1. The Hall–Kier alpha value is -1.46. The molecular formula is C15H20FNO3. The van der Waals surface area contributed by atoms with E-state index in [4.69, 9.17) is 4.74 Å². The van der Waals surface area contributed by atoms with E-state index in [2.05, 4.69) is 5.32 Å². The number of halogens is 1. The minimum atomic E-state index is -0.995. The summed E-state index contributed by atoms with van der Waals surface area (Å²) in [6, 6.07) is 5.65. The summed E-state index contributed by atoms with van der Waals surface area (Å²) in [5.41, 5.74) is 0.171. The lowest BCUT2D eigenvalue weighted by molar-refractivity contribution is -0.126. The van der Waals surface area contributed by atoms with Crippen molar-refractivity contribution in [2.45, 2.75) is 37.4 Å². The van der Waals surface area contributed by atoms with E-state index in [0.717, 1.165) is 19.3 Å². The Kier molecular flexibility index (Phi) is 4.73. The lowest BCUT2D eigenvalue weighted by Gasteiger charge is -2.40. The van der Waals surface area contributed by atoms with Crippen molar-refractivity contribution in [3.63, 3.8) is 0 Å². The number of hydrogen-bond acceptors (Lipinski definition) is 3. The number of nitrogens with one attached hydrogen (secondary N) is 1. The lowest BCUT2D eigenvalue weighted by Crippen LogP contribution is -2.49. The summed E-state index contributed by atoms with van der Waals surface area (Å²) in [7, 11) is 1.65. The summed E-state index contributed by atoms with van der Waals surface area (Å²) in [5, 5.41) is 12.7. The van der Waals surface area contributed by atoms with Crippen molar-refractivity contribution < 1.29 is 19.0 Å². The fourth-order valence-electron chi connectivity index (χ4n) is 2.36. The normalized spacial score (nSPS) is 18.1. The van der Waals surface area contributed by atoms with Crippen LogP contribution in [0.5, 0.6) is 0 Å². The van der Waals surface area contributed by atoms with Crippen LogP contribution in [0.1, 0.15) is 37.4 Å². The van der Waals surface area contributed by atoms with Crippen LogP contribution >= 0.6 is 0 Å². The Morgan fingerprint density at radius 1 is 1.55 bits per heavy atom. The third-order valence-electron chi connectivity index (χ3n) is 3.92. The average Bonchev–Trinajstić information content (AvgIpc) is 2.38. The van der Waals surface area contributed by atoms with Crippen LogP contribution < -0.4 is 5.32 Å². The quantitative estimate of drug-likeness (QED) is 0.837. The van der Waals surface area contributed by atoms with Crippen molar-refractivity contribution in [1.82, 2.24) is 5.32 Å². The van der Waals surface area contributed by atoms with Crippen molar-refractivity contribution in [3.8, 4) is 0 Å². The van der Waals surface area contributed by atoms with Gasteiger partial charge in [0.2, 0.25) is 5.91 Å². The molecule has 1 amide bonds. The van der Waals surface area contributed by atoms with E-state index in [-0.39, 0.29) is 17.9 Å². The zero-order valence-electron chi connectivity index (χ0n) is 11.6. The highest BCUT2D eigenvalue weighted by molar-refractivity contribution is 5.76. The monoisotopic (exact) mass is 281 g/mol. The second-order valence-corrected chi connectivity index (χ2v) is 5.29. The first-order valence-corrected chi connectivity index (χ1v) is 6.80. The molecule has 0 radical (unpaired) electrons. The first-order valence-electron chi connectivity index (χ1n) is 6.80. The maximum Gasteiger partial charge on any atom is 0.223 e. The van der Waals surface area contributed by atoms with Gasteiger partial charge in [-0.05, 0) is 37.0 Å². The molecule has 0 aliphatic heterocycles. The fourth-order valence-corrected chi connectivity index (χ4v) is 2.36. The van der Waals surface area contributed by atoms with Gasteiger partial charge in [-0.25, -0.2) is 4.39 Å². The largest absolute Gasteiger partial charge is 0.388 e. The summed E-state index contributed by atoms with van der Waals surface area (Å²) in [4.78, 5) is 11.8. The highest BCUT2D eigenvalue weighted by Crippen LogP contribution is 2.34. The molecule has 1 atom stereocenters. The van der Waals surface area contributed by atoms with Crippen LogP contribution in [0.25, 0.3) is 0 Å². The van der Waals surface area contributed by atoms with Crippen molar-refractivity contribution in [2.75, 3.05) is 13.7 Å². The molecule has 0 heterocycles. The van der Waals surface area contributed by atoms with Crippen LogP contribution in [-0.4, -0.2) is 30.3 Å². The second-order valence-electron chi connectivity index (χ2n) is 5.29. The van der Waals surface area contributed by atoms with E-state index >= 15 is 0 Å². The molecular weight excluding hydrogens is 261 g/mol. The molecule has 0 aromatic heterocycles. The molecule has 0 saturated heterocycles. The first-order chi connectivity index (χ1) is 9.54. The highest BCUT2D eigenvalue weighted by atomic mass is 19.1. The molecule has 1 aliphatic rings. The standard InChI is InChI=1S/C15H20FNO3/c1-20-15(6-3-7-15)10-17-14(19)9-13(18)11-4-2-5-12(16)8-11/h2,4-5,8,13,18H,3,6-7,9-10H2,1H3,(H,17,19). The van der Waals surface area contributed by atoms with E-state index < -0.39 is 11.9 Å². The Labute approximate surface area is 117 Å². The smallest absolute Gasteiger partial charge is 0.223 e. The number of methoxy groups -OCH3 is 1. The minimum Gasteiger partial charge on any atom is -0.388 e. The summed E-state index contributed by atoms with van der Waals surface area (Å²) >= 11 is 0. The zero-order valence-corrected chi connectivity index (χ0v) is 11.6. The molecule has 110 valence electrons. The topological polar surface area (TPSA) is 58.6 Å². The van der Waals surface area contributed by atoms with E-state index in [0.29, 0.717) is 12.1 Å². The molecule has 0 bridgehead atoms. The molecule has 1 saturated carbocycles. The molecule has 2 rings (SSSR count). The average molecular weight is 281 g/mol. The number of carbonyl (C=O) groups is 1. The Bertz CT molecular complexity index is 468. The third kappa shape index (κ3) is 3.55. The van der Waals surface area contributed by atoms with Gasteiger partial charge in [-0.2, -0.15) is 0 Å². The van der Waals surface area contributed by atoms with Gasteiger partial charge in [0.05, 0.1) is 18.1 Å². The van der Waals surface area contributed by atoms with Crippen LogP contribution in [0.3, 0.4) is 0 Å². The Morgan fingerprint density at radius 2 is 2.30 bits per heavy atom. The van der Waals surface area contributed by atoms with Gasteiger partial charge in [0.25, 0.3) is 0 Å². The molecule has 5 heteroatoms. The number of carbonyl (C=O) groups excluding carboxylic acids is 1. The van der Waals surface area contributed by atoms with Crippen molar-refractivity contribution in [3.05, 3.63) is 35.6 Å². The number of benzene rings is 1. The van der Waals surface area contributed by atoms with Crippen molar-refractivity contribution >= 4 is 5.91 Å². The molecule has 20 heavy (non-hydrogen) atoms. The van der Waals surface area contributed by atoms with Crippen molar-refractivity contribution in [1.29, 1.82) is 0 Å². The van der Waals surface area contributed by atoms with Crippen LogP contribution in [0.4, 0.5) is 4.39 Å². The Balaban J connectivity index is 1.82. The maximum absolute atomic E-state index is 13.0. The van der Waals surface area contributed by atoms with Crippen LogP contribution in [0.2, 0.25) is 0 Å². The summed E-state index contributed by atoms with van der Waals surface area (Å²) < 4.78 is 18.4. The first kappa shape index (κ1) is 14.9. The molecule has 1 aromatic carbocycles. The molecule has 1 aliphatic carbocycles. The predicted molar refractivity (Wildman–Crippen MR) is 72.6 cm³/mol. The molecule has 1 fully saturated rings. The van der Waals surface area contributed by atoms with Gasteiger partial charge < -0.3 is 15.2 Å². The van der Waals surface area contributed by atoms with Gasteiger partial charge in [-0.1, -0.05) is 12.1 Å². The fraction of sp³-hybridized carbons (Fsp3) is 0.533. The molecule has 0 spiro atoms. The maximum atomic E-state index is 13.0. The number of amides is 1. The van der Waals surface area contributed by atoms with E-state index in [9.17, 15) is 14.3 Å². The van der Waals surface area contributed by atoms with Crippen molar-refractivity contribution in [2.24, 2.45) is 0 Å². The lowest BCUT2D eigenvalue weighted by atomic mass is 9.80. The number of ether oxygens (including phenoxy) is 1. The Morgan fingerprint density at radius 3 is 2.85 bits per heavy atom. The minimum absolute atomic E-state index is 0.0801. The van der Waals surface area contributed by atoms with Gasteiger partial charge >= 0.3 is 0 Å². The third-order valence-corrected chi connectivity index (χ3v) is 3.92. The van der Waals surface area contributed by atoms with Gasteiger partial charge in [0.15, 0.2) is 0 Å². The molecule has 1 unspecified atom stereocenters. The van der Waals surface area contributed by atoms with Gasteiger partial charge in [-0.3, -0.25) is 4.79 Å². The summed E-state index contributed by atoms with van der Waals surface area (Å²) in [6.07, 6.45) is 1.91. The van der Waals surface area contributed by atoms with Crippen LogP contribution in [0, 0.1) is 5.82 Å². The highest BCUT2D eigenvalue weighted by Gasteiger charge is 2.37. The molecule has 1 aromatic rings. The SMILES string of the molecule is COC1(CNC(=O)CC(O)c2cccc(F)c2)CCC1. The van der Waals surface area contributed by atoms with E-state index in [1.54, 1.807) is 13.2 Å². The van der Waals surface area contributed by atoms with Crippen LogP contribution in [0.15, 0.2) is 24.3 Å². The summed E-state index contributed by atoms with van der Waals surface area (Å²) in [5.74, 6) is -0.681. The van der Waals surface area contributed by atoms with E-state index in [1.165, 1.54) is 18.2 Å². The number of hydrogen-bond donors (Lipinski definition) is 2. The zero-order chi connectivity index (χ0) is 14.6. The molecule has 2 N–H and O–H groups in total. The summed E-state index contributed by atoms with van der Waals surface area (Å²) in [6.45, 7) is 0.457. The predicted octanol–water partition coefficient (Wildman–Crippen LogP) is 1.93. The van der Waals surface area contributed by atoms with Gasteiger partial charge in [0.1, 0.15) is 5.82 Å². The molecule has 4 nitrogen and oxygen atoms in total. The number of rotatable bonds is 6.